The summed E-state index contributed by atoms with van der Waals surface area (Å²) in [4.78, 5) is 17.4. The van der Waals surface area contributed by atoms with Crippen LogP contribution in [0.1, 0.15) is 17.3 Å². The zero-order chi connectivity index (χ0) is 21.8. The molecule has 0 fully saturated rings. The fourth-order valence-corrected chi connectivity index (χ4v) is 4.57. The normalized spacial score (nSPS) is 10.6. The fourth-order valence-electron chi connectivity index (χ4n) is 3.01. The number of ether oxygens (including phenoxy) is 1. The van der Waals surface area contributed by atoms with Gasteiger partial charge in [-0.15, -0.1) is 11.3 Å². The van der Waals surface area contributed by atoms with E-state index in [1.807, 2.05) is 55.5 Å². The zero-order valence-corrected chi connectivity index (χ0v) is 19.7. The monoisotopic (exact) mass is 511 g/mol. The molecule has 0 atom stereocenters. The largest absolute Gasteiger partial charge is 0.494 e. The molecule has 0 aliphatic heterocycles. The number of benzene rings is 3. The lowest BCUT2D eigenvalue weighted by Gasteiger charge is -2.13. The van der Waals surface area contributed by atoms with E-state index in [2.05, 4.69) is 26.6 Å². The Labute approximate surface area is 197 Å². The van der Waals surface area contributed by atoms with Crippen molar-refractivity contribution >= 4 is 66.4 Å². The van der Waals surface area contributed by atoms with Gasteiger partial charge in [-0.3, -0.25) is 10.1 Å². The van der Waals surface area contributed by atoms with Crippen molar-refractivity contribution in [3.63, 3.8) is 0 Å². The van der Waals surface area contributed by atoms with Gasteiger partial charge in [0, 0.05) is 15.6 Å². The number of thiazole rings is 1. The molecule has 31 heavy (non-hydrogen) atoms. The Bertz CT molecular complexity index is 1240. The quantitative estimate of drug-likeness (QED) is 0.310. The van der Waals surface area contributed by atoms with Gasteiger partial charge in [0.25, 0.3) is 5.91 Å². The van der Waals surface area contributed by atoms with E-state index in [-0.39, 0.29) is 11.0 Å². The summed E-state index contributed by atoms with van der Waals surface area (Å²) in [6.07, 6.45) is 0. The van der Waals surface area contributed by atoms with Crippen LogP contribution in [0, 0.1) is 0 Å². The molecule has 0 aliphatic rings. The van der Waals surface area contributed by atoms with Gasteiger partial charge in [0.05, 0.1) is 22.5 Å². The molecule has 3 aromatic carbocycles. The number of thiocarbonyl (C=S) groups is 1. The van der Waals surface area contributed by atoms with E-state index < -0.39 is 0 Å². The number of carbonyl (C=O) groups is 1. The smallest absolute Gasteiger partial charge is 0.257 e. The molecular weight excluding hydrogens is 494 g/mol. The Morgan fingerprint density at radius 2 is 1.97 bits per heavy atom. The minimum absolute atomic E-state index is 0.205. The van der Waals surface area contributed by atoms with E-state index in [0.717, 1.165) is 30.9 Å². The molecule has 4 aromatic rings. The van der Waals surface area contributed by atoms with Crippen LogP contribution in [0.4, 0.5) is 5.69 Å². The Balaban J connectivity index is 1.54. The van der Waals surface area contributed by atoms with Gasteiger partial charge in [0.2, 0.25) is 0 Å². The fraction of sp³-hybridized carbons (Fsp3) is 0.0870. The van der Waals surface area contributed by atoms with Gasteiger partial charge in [-0.25, -0.2) is 4.98 Å². The lowest BCUT2D eigenvalue weighted by atomic mass is 10.2. The molecule has 0 bridgehead atoms. The molecule has 0 aliphatic carbocycles. The van der Waals surface area contributed by atoms with Gasteiger partial charge in [-0.2, -0.15) is 0 Å². The van der Waals surface area contributed by atoms with Gasteiger partial charge >= 0.3 is 0 Å². The highest BCUT2D eigenvalue weighted by atomic mass is 79.9. The van der Waals surface area contributed by atoms with Crippen LogP contribution in [-0.2, 0) is 0 Å². The minimum atomic E-state index is -0.308. The zero-order valence-electron chi connectivity index (χ0n) is 16.5. The second-order valence-corrected chi connectivity index (χ2v) is 8.90. The second kappa shape index (κ2) is 9.55. The number of nitrogens with one attached hydrogen (secondary N) is 2. The molecule has 1 amide bonds. The first-order valence-corrected chi connectivity index (χ1v) is 11.6. The highest BCUT2D eigenvalue weighted by Crippen LogP contribution is 2.36. The van der Waals surface area contributed by atoms with Gasteiger partial charge in [0.15, 0.2) is 5.11 Å². The number of amides is 1. The van der Waals surface area contributed by atoms with E-state index in [4.69, 9.17) is 21.9 Å². The molecule has 0 unspecified atom stereocenters. The summed E-state index contributed by atoms with van der Waals surface area (Å²) in [5.41, 5.74) is 3.07. The number of halogens is 1. The number of para-hydroxylation sites is 1. The first-order chi connectivity index (χ1) is 15.0. The summed E-state index contributed by atoms with van der Waals surface area (Å²) in [5.74, 6) is 0.331. The van der Waals surface area contributed by atoms with Gasteiger partial charge in [-0.05, 0) is 67.7 Å². The third-order valence-corrected chi connectivity index (χ3v) is 6.16. The Hall–Kier alpha value is -2.81. The minimum Gasteiger partial charge on any atom is -0.494 e. The van der Waals surface area contributed by atoms with Crippen LogP contribution in [0.5, 0.6) is 5.75 Å². The molecule has 0 radical (unpaired) electrons. The maximum absolute atomic E-state index is 12.6. The van der Waals surface area contributed by atoms with Crippen LogP contribution in [-0.4, -0.2) is 22.6 Å². The van der Waals surface area contributed by atoms with E-state index in [0.29, 0.717) is 17.9 Å². The van der Waals surface area contributed by atoms with Crippen molar-refractivity contribution in [3.8, 4) is 16.3 Å². The molecular formula is C23H18BrN3O2S2. The standard InChI is InChI=1S/C23H18BrN3O2S2/c1-2-29-16-7-5-6-14(12-16)21(28)27-23(30)26-18-11-10-15(24)13-17(18)22-25-19-8-3-4-9-20(19)31-22/h3-13H,2H2,1H3,(H2,26,27,28,30). The van der Waals surface area contributed by atoms with Crippen LogP contribution in [0.3, 0.4) is 0 Å². The van der Waals surface area contributed by atoms with E-state index in [1.165, 1.54) is 0 Å². The molecule has 156 valence electrons. The van der Waals surface area contributed by atoms with Crippen molar-refractivity contribution in [2.45, 2.75) is 6.92 Å². The van der Waals surface area contributed by atoms with E-state index >= 15 is 0 Å². The highest BCUT2D eigenvalue weighted by molar-refractivity contribution is 9.10. The van der Waals surface area contributed by atoms with Crippen molar-refractivity contribution < 1.29 is 9.53 Å². The average Bonchev–Trinajstić information content (AvgIpc) is 3.19. The molecule has 0 spiro atoms. The number of nitrogens with zero attached hydrogens (tertiary/aromatic N) is 1. The molecule has 8 heteroatoms. The molecule has 1 aromatic heterocycles. The number of aromatic nitrogens is 1. The molecule has 0 saturated heterocycles. The Morgan fingerprint density at radius 1 is 1.13 bits per heavy atom. The first kappa shape index (κ1) is 21.4. The highest BCUT2D eigenvalue weighted by Gasteiger charge is 2.14. The lowest BCUT2D eigenvalue weighted by Crippen LogP contribution is -2.34. The number of carbonyl (C=O) groups excluding carboxylic acids is 1. The maximum Gasteiger partial charge on any atom is 0.257 e. The number of hydrogen-bond acceptors (Lipinski definition) is 5. The van der Waals surface area contributed by atoms with E-state index in [9.17, 15) is 4.79 Å². The summed E-state index contributed by atoms with van der Waals surface area (Å²) >= 11 is 10.5. The lowest BCUT2D eigenvalue weighted by molar-refractivity contribution is 0.0977. The SMILES string of the molecule is CCOc1cccc(C(=O)NC(=S)Nc2ccc(Br)cc2-c2nc3ccccc3s2)c1. The van der Waals surface area contributed by atoms with Crippen molar-refractivity contribution in [3.05, 3.63) is 76.8 Å². The number of rotatable bonds is 5. The van der Waals surface area contributed by atoms with Crippen LogP contribution in [0.25, 0.3) is 20.8 Å². The third-order valence-electron chi connectivity index (χ3n) is 4.39. The predicted octanol–water partition coefficient (Wildman–Crippen LogP) is 6.25. The molecule has 1 heterocycles. The number of fused-ring (bicyclic) bond motifs is 1. The molecule has 0 saturated carbocycles. The average molecular weight is 512 g/mol. The predicted molar refractivity (Wildman–Crippen MR) is 134 cm³/mol. The molecule has 4 rings (SSSR count). The number of anilines is 1. The summed E-state index contributed by atoms with van der Waals surface area (Å²) in [7, 11) is 0. The first-order valence-electron chi connectivity index (χ1n) is 9.54. The van der Waals surface area contributed by atoms with Crippen LogP contribution in [0.15, 0.2) is 71.2 Å². The number of hydrogen-bond donors (Lipinski definition) is 2. The Kier molecular flexibility index (Phi) is 6.60. The maximum atomic E-state index is 12.6. The Morgan fingerprint density at radius 3 is 2.77 bits per heavy atom. The summed E-state index contributed by atoms with van der Waals surface area (Å²) < 4.78 is 7.49. The van der Waals surface area contributed by atoms with E-state index in [1.54, 1.807) is 29.5 Å². The summed E-state index contributed by atoms with van der Waals surface area (Å²) in [6, 6.07) is 20.8. The van der Waals surface area contributed by atoms with Crippen molar-refractivity contribution in [1.29, 1.82) is 0 Å². The molecule has 5 nitrogen and oxygen atoms in total. The summed E-state index contributed by atoms with van der Waals surface area (Å²) in [5, 5.41) is 6.94. The van der Waals surface area contributed by atoms with Crippen molar-refractivity contribution in [2.24, 2.45) is 0 Å². The van der Waals surface area contributed by atoms with Gasteiger partial charge in [-0.1, -0.05) is 34.1 Å². The van der Waals surface area contributed by atoms with Gasteiger partial charge < -0.3 is 10.1 Å². The third kappa shape index (κ3) is 5.10. The van der Waals surface area contributed by atoms with Crippen LogP contribution >= 0.6 is 39.5 Å². The topological polar surface area (TPSA) is 63.2 Å². The van der Waals surface area contributed by atoms with Gasteiger partial charge in [0.1, 0.15) is 10.8 Å². The second-order valence-electron chi connectivity index (χ2n) is 6.55. The van der Waals surface area contributed by atoms with Crippen LogP contribution < -0.4 is 15.4 Å². The molecule has 2 N–H and O–H groups in total. The van der Waals surface area contributed by atoms with Crippen molar-refractivity contribution in [1.82, 2.24) is 10.3 Å². The summed E-state index contributed by atoms with van der Waals surface area (Å²) in [6.45, 7) is 2.43. The van der Waals surface area contributed by atoms with Crippen molar-refractivity contribution in [2.75, 3.05) is 11.9 Å². The van der Waals surface area contributed by atoms with Crippen LogP contribution in [0.2, 0.25) is 0 Å².